The van der Waals surface area contributed by atoms with Gasteiger partial charge in [0.25, 0.3) is 0 Å². The molecule has 6 nitrogen and oxygen atoms in total. The van der Waals surface area contributed by atoms with Gasteiger partial charge in [0.05, 0.1) is 31.5 Å². The molecule has 0 aliphatic rings. The summed E-state index contributed by atoms with van der Waals surface area (Å²) in [7, 11) is 4.75. The monoisotopic (exact) mass is 439 g/mol. The number of rotatable bonds is 5. The minimum atomic E-state index is 0.164. The molecule has 0 saturated carbocycles. The maximum absolute atomic E-state index is 9.60. The van der Waals surface area contributed by atoms with E-state index in [1.54, 1.807) is 27.4 Å². The van der Waals surface area contributed by atoms with E-state index in [9.17, 15) is 5.26 Å². The Balaban J connectivity index is 2.19. The number of benzene rings is 2. The lowest BCUT2D eigenvalue weighted by atomic mass is 9.98. The van der Waals surface area contributed by atoms with Gasteiger partial charge in [0.15, 0.2) is 11.5 Å². The zero-order chi connectivity index (χ0) is 20.3. The van der Waals surface area contributed by atoms with Crippen LogP contribution < -0.4 is 19.9 Å². The molecule has 7 heteroatoms. The van der Waals surface area contributed by atoms with Crippen molar-refractivity contribution in [2.45, 2.75) is 0 Å². The van der Waals surface area contributed by atoms with E-state index in [4.69, 9.17) is 19.9 Å². The number of nitriles is 1. The van der Waals surface area contributed by atoms with Crippen molar-refractivity contribution >= 4 is 21.7 Å². The van der Waals surface area contributed by atoms with Crippen molar-refractivity contribution < 1.29 is 14.2 Å². The number of nitrogens with zero attached hydrogens (tertiary/aromatic N) is 2. The zero-order valence-corrected chi connectivity index (χ0v) is 17.2. The molecule has 142 valence electrons. The van der Waals surface area contributed by atoms with Gasteiger partial charge in [-0.25, -0.2) is 4.98 Å². The number of nitrogen functional groups attached to an aromatic ring is 1. The molecule has 1 heterocycles. The highest BCUT2D eigenvalue weighted by molar-refractivity contribution is 9.10. The first-order valence-electron chi connectivity index (χ1n) is 8.29. The van der Waals surface area contributed by atoms with E-state index in [1.165, 1.54) is 0 Å². The smallest absolute Gasteiger partial charge is 0.161 e. The molecule has 0 bridgehead atoms. The minimum Gasteiger partial charge on any atom is -0.496 e. The average molecular weight is 440 g/mol. The van der Waals surface area contributed by atoms with Gasteiger partial charge in [0.2, 0.25) is 0 Å². The van der Waals surface area contributed by atoms with Gasteiger partial charge < -0.3 is 19.9 Å². The van der Waals surface area contributed by atoms with E-state index in [0.717, 1.165) is 15.6 Å². The first-order valence-corrected chi connectivity index (χ1v) is 9.08. The fourth-order valence-electron chi connectivity index (χ4n) is 2.89. The van der Waals surface area contributed by atoms with Gasteiger partial charge in [0, 0.05) is 11.1 Å². The Kier molecular flexibility index (Phi) is 5.71. The summed E-state index contributed by atoms with van der Waals surface area (Å²) in [4.78, 5) is 4.41. The summed E-state index contributed by atoms with van der Waals surface area (Å²) in [6.45, 7) is 0. The van der Waals surface area contributed by atoms with Gasteiger partial charge >= 0.3 is 0 Å². The van der Waals surface area contributed by atoms with E-state index >= 15 is 0 Å². The number of hydrogen-bond acceptors (Lipinski definition) is 6. The summed E-state index contributed by atoms with van der Waals surface area (Å²) in [5.74, 6) is 2.06. The number of halogens is 1. The first-order chi connectivity index (χ1) is 13.5. The molecular formula is C21H18BrN3O3. The van der Waals surface area contributed by atoms with Crippen LogP contribution in [-0.4, -0.2) is 26.3 Å². The molecule has 0 unspecified atom stereocenters. The minimum absolute atomic E-state index is 0.164. The number of nitrogens with two attached hydrogens (primary N) is 1. The summed E-state index contributed by atoms with van der Waals surface area (Å²) < 4.78 is 16.7. The quantitative estimate of drug-likeness (QED) is 0.621. The van der Waals surface area contributed by atoms with Crippen molar-refractivity contribution in [2.24, 2.45) is 0 Å². The third-order valence-corrected chi connectivity index (χ3v) is 4.92. The Morgan fingerprint density at radius 1 is 0.893 bits per heavy atom. The molecule has 0 amide bonds. The van der Waals surface area contributed by atoms with Crippen LogP contribution in [0.2, 0.25) is 0 Å². The maximum Gasteiger partial charge on any atom is 0.161 e. The Labute approximate surface area is 171 Å². The van der Waals surface area contributed by atoms with Crippen LogP contribution in [-0.2, 0) is 0 Å². The molecule has 0 saturated heterocycles. The standard InChI is InChI=1S/C21H18BrN3O3/c1-26-18-6-4-12(8-16(18)22)14-10-17(25-21(24)15(14)11-23)13-5-7-19(27-2)20(9-13)28-3/h4-10H,1-3H3,(H2,24,25). The van der Waals surface area contributed by atoms with E-state index in [0.29, 0.717) is 34.1 Å². The number of ether oxygens (including phenoxy) is 3. The SMILES string of the molecule is COc1ccc(-c2cc(-c3ccc(OC)c(OC)c3)nc(N)c2C#N)cc1Br. The summed E-state index contributed by atoms with van der Waals surface area (Å²) >= 11 is 3.48. The Morgan fingerprint density at radius 2 is 1.54 bits per heavy atom. The first kappa shape index (κ1) is 19.5. The number of hydrogen-bond donors (Lipinski definition) is 1. The van der Waals surface area contributed by atoms with Crippen LogP contribution in [0.25, 0.3) is 22.4 Å². The second-order valence-electron chi connectivity index (χ2n) is 5.85. The molecule has 2 N–H and O–H groups in total. The highest BCUT2D eigenvalue weighted by Gasteiger charge is 2.16. The normalized spacial score (nSPS) is 10.2. The van der Waals surface area contributed by atoms with Gasteiger partial charge in [-0.15, -0.1) is 0 Å². The highest BCUT2D eigenvalue weighted by Crippen LogP contribution is 2.37. The number of methoxy groups -OCH3 is 3. The predicted molar refractivity (Wildman–Crippen MR) is 112 cm³/mol. The van der Waals surface area contributed by atoms with Gasteiger partial charge in [0.1, 0.15) is 23.2 Å². The lowest BCUT2D eigenvalue weighted by Gasteiger charge is -2.13. The topological polar surface area (TPSA) is 90.4 Å². The molecule has 0 spiro atoms. The molecule has 3 rings (SSSR count). The third-order valence-electron chi connectivity index (χ3n) is 4.30. The summed E-state index contributed by atoms with van der Waals surface area (Å²) in [5.41, 5.74) is 9.34. The van der Waals surface area contributed by atoms with Gasteiger partial charge in [-0.2, -0.15) is 5.26 Å². The molecule has 2 aromatic carbocycles. The Bertz CT molecular complexity index is 1080. The van der Waals surface area contributed by atoms with Crippen LogP contribution in [0.15, 0.2) is 46.9 Å². The van der Waals surface area contributed by atoms with Crippen molar-refractivity contribution in [2.75, 3.05) is 27.1 Å². The van der Waals surface area contributed by atoms with Gasteiger partial charge in [-0.1, -0.05) is 6.07 Å². The number of pyridine rings is 1. The van der Waals surface area contributed by atoms with Gasteiger partial charge in [-0.05, 0) is 57.9 Å². The molecule has 28 heavy (non-hydrogen) atoms. The molecule has 0 atom stereocenters. The van der Waals surface area contributed by atoms with Crippen molar-refractivity contribution in [3.63, 3.8) is 0 Å². The van der Waals surface area contributed by atoms with E-state index in [2.05, 4.69) is 27.0 Å². The molecule has 3 aromatic rings. The lowest BCUT2D eigenvalue weighted by Crippen LogP contribution is -2.00. The largest absolute Gasteiger partial charge is 0.496 e. The van der Waals surface area contributed by atoms with E-state index in [-0.39, 0.29) is 5.82 Å². The number of aromatic nitrogens is 1. The molecule has 0 aliphatic carbocycles. The van der Waals surface area contributed by atoms with Gasteiger partial charge in [-0.3, -0.25) is 0 Å². The van der Waals surface area contributed by atoms with Crippen LogP contribution >= 0.6 is 15.9 Å². The molecular weight excluding hydrogens is 422 g/mol. The summed E-state index contributed by atoms with van der Waals surface area (Å²) in [6.07, 6.45) is 0. The summed E-state index contributed by atoms with van der Waals surface area (Å²) in [5, 5.41) is 9.60. The van der Waals surface area contributed by atoms with E-state index < -0.39 is 0 Å². The molecule has 0 aliphatic heterocycles. The van der Waals surface area contributed by atoms with Crippen molar-refractivity contribution in [1.82, 2.24) is 4.98 Å². The molecule has 0 radical (unpaired) electrons. The van der Waals surface area contributed by atoms with Crippen molar-refractivity contribution in [1.29, 1.82) is 5.26 Å². The maximum atomic E-state index is 9.60. The van der Waals surface area contributed by atoms with Crippen LogP contribution in [0, 0.1) is 11.3 Å². The van der Waals surface area contributed by atoms with Crippen LogP contribution in [0.4, 0.5) is 5.82 Å². The van der Waals surface area contributed by atoms with E-state index in [1.807, 2.05) is 36.4 Å². The van der Waals surface area contributed by atoms with Crippen molar-refractivity contribution in [3.05, 3.63) is 52.5 Å². The second-order valence-corrected chi connectivity index (χ2v) is 6.70. The van der Waals surface area contributed by atoms with Crippen LogP contribution in [0.1, 0.15) is 5.56 Å². The lowest BCUT2D eigenvalue weighted by molar-refractivity contribution is 0.355. The zero-order valence-electron chi connectivity index (χ0n) is 15.6. The third kappa shape index (κ3) is 3.59. The summed E-state index contributed by atoms with van der Waals surface area (Å²) in [6, 6.07) is 15.1. The second kappa shape index (κ2) is 8.19. The predicted octanol–water partition coefficient (Wildman–Crippen LogP) is 4.66. The Hall–Kier alpha value is -3.24. The van der Waals surface area contributed by atoms with Crippen LogP contribution in [0.5, 0.6) is 17.2 Å². The Morgan fingerprint density at radius 3 is 2.14 bits per heavy atom. The fraction of sp³-hybridized carbons (Fsp3) is 0.143. The average Bonchev–Trinajstić information content (AvgIpc) is 2.72. The van der Waals surface area contributed by atoms with Crippen LogP contribution in [0.3, 0.4) is 0 Å². The van der Waals surface area contributed by atoms with Crippen molar-refractivity contribution in [3.8, 4) is 45.7 Å². The fourth-order valence-corrected chi connectivity index (χ4v) is 3.43. The number of anilines is 1. The highest BCUT2D eigenvalue weighted by atomic mass is 79.9. The molecule has 1 aromatic heterocycles. The molecule has 0 fully saturated rings.